The third kappa shape index (κ3) is 13.8. The van der Waals surface area contributed by atoms with E-state index in [9.17, 15) is 29.1 Å². The van der Waals surface area contributed by atoms with Crippen LogP contribution in [0.3, 0.4) is 0 Å². The lowest BCUT2D eigenvalue weighted by Gasteiger charge is -2.24. The second kappa shape index (κ2) is 17.1. The molecule has 0 aromatic carbocycles. The number of carboxylic acid groups (broad SMARTS) is 2. The second-order valence-electron chi connectivity index (χ2n) is 7.45. The van der Waals surface area contributed by atoms with Crippen molar-refractivity contribution in [3.8, 4) is 0 Å². The van der Waals surface area contributed by atoms with E-state index in [0.29, 0.717) is 19.4 Å². The van der Waals surface area contributed by atoms with Gasteiger partial charge in [0.05, 0.1) is 6.54 Å². The Labute approximate surface area is 197 Å². The van der Waals surface area contributed by atoms with Crippen LogP contribution in [0.5, 0.6) is 0 Å². The summed E-state index contributed by atoms with van der Waals surface area (Å²) in [6, 6.07) is -3.70. The van der Waals surface area contributed by atoms with Crippen molar-refractivity contribution in [2.24, 2.45) is 27.9 Å². The number of aliphatic imine (C=N–C) groups is 1. The van der Waals surface area contributed by atoms with Gasteiger partial charge in [-0.15, -0.1) is 0 Å². The summed E-state index contributed by atoms with van der Waals surface area (Å²) in [5.74, 6) is -4.90. The third-order valence-corrected chi connectivity index (χ3v) is 4.62. The van der Waals surface area contributed by atoms with E-state index in [0.717, 1.165) is 0 Å². The van der Waals surface area contributed by atoms with Crippen molar-refractivity contribution in [1.29, 1.82) is 0 Å². The van der Waals surface area contributed by atoms with Gasteiger partial charge < -0.3 is 49.1 Å². The molecule has 0 spiro atoms. The smallest absolute Gasteiger partial charge is 0.326 e. The van der Waals surface area contributed by atoms with Gasteiger partial charge in [0.2, 0.25) is 17.7 Å². The van der Waals surface area contributed by atoms with Crippen molar-refractivity contribution < 1.29 is 34.2 Å². The Kier molecular flexibility index (Phi) is 15.3. The van der Waals surface area contributed by atoms with Crippen LogP contribution in [0.15, 0.2) is 4.99 Å². The summed E-state index contributed by atoms with van der Waals surface area (Å²) in [6.07, 6.45) is 0.779. The number of nitrogens with one attached hydrogen (secondary N) is 3. The predicted octanol–water partition coefficient (Wildman–Crippen LogP) is -3.47. The number of aliphatic carboxylic acids is 2. The molecule has 13 N–H and O–H groups in total. The van der Waals surface area contributed by atoms with Crippen molar-refractivity contribution in [3.05, 3.63) is 0 Å². The molecule has 34 heavy (non-hydrogen) atoms. The SMILES string of the molecule is NCCCCC(NC(=O)CN)C(=O)NC(CCC(=O)O)C(=O)NC(CCCN=C(N)N)C(=O)O. The van der Waals surface area contributed by atoms with E-state index in [-0.39, 0.29) is 44.7 Å². The molecule has 0 saturated carbocycles. The Bertz CT molecular complexity index is 727. The first-order valence-corrected chi connectivity index (χ1v) is 10.8. The van der Waals surface area contributed by atoms with Crippen LogP contribution in [0.25, 0.3) is 0 Å². The van der Waals surface area contributed by atoms with E-state index < -0.39 is 54.2 Å². The van der Waals surface area contributed by atoms with Crippen LogP contribution in [-0.4, -0.2) is 83.6 Å². The minimum Gasteiger partial charge on any atom is -0.481 e. The van der Waals surface area contributed by atoms with Gasteiger partial charge in [0.15, 0.2) is 5.96 Å². The molecule has 0 aromatic heterocycles. The molecule has 3 unspecified atom stereocenters. The van der Waals surface area contributed by atoms with Crippen molar-refractivity contribution in [2.45, 2.75) is 63.1 Å². The lowest BCUT2D eigenvalue weighted by Crippen LogP contribution is -2.56. The second-order valence-corrected chi connectivity index (χ2v) is 7.45. The van der Waals surface area contributed by atoms with Crippen molar-refractivity contribution >= 4 is 35.6 Å². The van der Waals surface area contributed by atoms with E-state index in [1.807, 2.05) is 0 Å². The minimum absolute atomic E-state index is 0.00821. The number of guanidine groups is 1. The van der Waals surface area contributed by atoms with Crippen LogP contribution in [0.2, 0.25) is 0 Å². The molecule has 0 radical (unpaired) electrons. The van der Waals surface area contributed by atoms with Crippen molar-refractivity contribution in [2.75, 3.05) is 19.6 Å². The Hall–Kier alpha value is -3.46. The number of rotatable bonds is 18. The van der Waals surface area contributed by atoms with Crippen LogP contribution >= 0.6 is 0 Å². The highest BCUT2D eigenvalue weighted by atomic mass is 16.4. The fourth-order valence-electron chi connectivity index (χ4n) is 2.86. The highest BCUT2D eigenvalue weighted by Gasteiger charge is 2.29. The summed E-state index contributed by atoms with van der Waals surface area (Å²) in [7, 11) is 0. The Morgan fingerprint density at radius 1 is 0.765 bits per heavy atom. The summed E-state index contributed by atoms with van der Waals surface area (Å²) in [6.45, 7) is 0.165. The number of nitrogens with zero attached hydrogens (tertiary/aromatic N) is 1. The topological polar surface area (TPSA) is 278 Å². The Morgan fingerprint density at radius 2 is 1.32 bits per heavy atom. The van der Waals surface area contributed by atoms with Gasteiger partial charge in [-0.25, -0.2) is 4.79 Å². The highest BCUT2D eigenvalue weighted by Crippen LogP contribution is 2.06. The van der Waals surface area contributed by atoms with Crippen molar-refractivity contribution in [3.63, 3.8) is 0 Å². The molecule has 0 bridgehead atoms. The van der Waals surface area contributed by atoms with Crippen molar-refractivity contribution in [1.82, 2.24) is 16.0 Å². The van der Waals surface area contributed by atoms with Crippen LogP contribution in [0, 0.1) is 0 Å². The minimum atomic E-state index is -1.35. The fraction of sp³-hybridized carbons (Fsp3) is 0.684. The van der Waals surface area contributed by atoms with Gasteiger partial charge >= 0.3 is 11.9 Å². The number of carboxylic acids is 2. The number of hydrogen-bond acceptors (Lipinski definition) is 8. The lowest BCUT2D eigenvalue weighted by molar-refractivity contribution is -0.143. The molecule has 0 aliphatic heterocycles. The molecule has 0 saturated heterocycles. The number of hydrogen-bond donors (Lipinski definition) is 9. The van der Waals surface area contributed by atoms with Gasteiger partial charge in [-0.1, -0.05) is 0 Å². The quantitative estimate of drug-likeness (QED) is 0.0519. The average molecular weight is 489 g/mol. The molecule has 3 amide bonds. The number of amides is 3. The average Bonchev–Trinajstić information content (AvgIpc) is 2.76. The fourth-order valence-corrected chi connectivity index (χ4v) is 2.86. The van der Waals surface area contributed by atoms with Crippen LogP contribution in [-0.2, 0) is 24.0 Å². The van der Waals surface area contributed by atoms with Crippen LogP contribution in [0.4, 0.5) is 0 Å². The molecule has 0 rings (SSSR count). The molecule has 0 aromatic rings. The van der Waals surface area contributed by atoms with Crippen LogP contribution in [0.1, 0.15) is 44.9 Å². The molecule has 0 heterocycles. The predicted molar refractivity (Wildman–Crippen MR) is 122 cm³/mol. The molecule has 15 nitrogen and oxygen atoms in total. The van der Waals surface area contributed by atoms with Gasteiger partial charge in [0.1, 0.15) is 18.1 Å². The molecular formula is C19H36N8O7. The molecule has 15 heteroatoms. The standard InChI is InChI=1S/C19H36N8O7/c20-8-2-1-4-11(25-14(28)10-21)16(31)26-12(6-7-15(29)30)17(32)27-13(18(33)34)5-3-9-24-19(22)23/h11-13H,1-10,20-21H2,(H,25,28)(H,26,31)(H,27,32)(H,29,30)(H,33,34)(H4,22,23,24). The number of nitrogens with two attached hydrogens (primary N) is 4. The van der Waals surface area contributed by atoms with E-state index in [2.05, 4.69) is 20.9 Å². The number of carbonyl (C=O) groups is 5. The first-order valence-electron chi connectivity index (χ1n) is 10.8. The summed E-state index contributed by atoms with van der Waals surface area (Å²) in [5.41, 5.74) is 21.2. The molecule has 194 valence electrons. The monoisotopic (exact) mass is 488 g/mol. The van der Waals surface area contributed by atoms with E-state index in [4.69, 9.17) is 28.0 Å². The molecule has 3 atom stereocenters. The van der Waals surface area contributed by atoms with Gasteiger partial charge in [0, 0.05) is 13.0 Å². The maximum absolute atomic E-state index is 12.8. The molecule has 0 fully saturated rings. The number of carbonyl (C=O) groups excluding carboxylic acids is 3. The Balaban J connectivity index is 5.37. The zero-order valence-corrected chi connectivity index (χ0v) is 19.0. The zero-order valence-electron chi connectivity index (χ0n) is 19.0. The molecule has 0 aliphatic carbocycles. The number of unbranched alkanes of at least 4 members (excludes halogenated alkanes) is 1. The van der Waals surface area contributed by atoms with E-state index >= 15 is 0 Å². The van der Waals surface area contributed by atoms with Gasteiger partial charge in [-0.05, 0) is 45.1 Å². The molecular weight excluding hydrogens is 452 g/mol. The third-order valence-electron chi connectivity index (χ3n) is 4.62. The normalized spacial score (nSPS) is 13.1. The summed E-state index contributed by atoms with van der Waals surface area (Å²) in [5, 5.41) is 25.5. The molecule has 0 aliphatic rings. The summed E-state index contributed by atoms with van der Waals surface area (Å²) < 4.78 is 0. The summed E-state index contributed by atoms with van der Waals surface area (Å²) >= 11 is 0. The highest BCUT2D eigenvalue weighted by molar-refractivity contribution is 5.93. The summed E-state index contributed by atoms with van der Waals surface area (Å²) in [4.78, 5) is 63.5. The Morgan fingerprint density at radius 3 is 1.82 bits per heavy atom. The lowest BCUT2D eigenvalue weighted by atomic mass is 10.1. The van der Waals surface area contributed by atoms with Gasteiger partial charge in [0.25, 0.3) is 0 Å². The van der Waals surface area contributed by atoms with E-state index in [1.54, 1.807) is 0 Å². The van der Waals surface area contributed by atoms with Gasteiger partial charge in [-0.2, -0.15) is 0 Å². The van der Waals surface area contributed by atoms with E-state index in [1.165, 1.54) is 0 Å². The zero-order chi connectivity index (χ0) is 26.1. The maximum atomic E-state index is 12.8. The van der Waals surface area contributed by atoms with Gasteiger partial charge in [-0.3, -0.25) is 24.2 Å². The first-order chi connectivity index (χ1) is 16.0. The first kappa shape index (κ1) is 30.5. The maximum Gasteiger partial charge on any atom is 0.326 e. The largest absolute Gasteiger partial charge is 0.481 e. The van der Waals surface area contributed by atoms with Crippen LogP contribution < -0.4 is 38.9 Å².